The summed E-state index contributed by atoms with van der Waals surface area (Å²) in [6.07, 6.45) is 0.437. The van der Waals surface area contributed by atoms with Gasteiger partial charge in [0, 0.05) is 6.54 Å². The van der Waals surface area contributed by atoms with E-state index in [1.165, 1.54) is 0 Å². The summed E-state index contributed by atoms with van der Waals surface area (Å²) in [7, 11) is 4.15. The van der Waals surface area contributed by atoms with Crippen molar-refractivity contribution in [2.45, 2.75) is 25.6 Å². The number of fused-ring (bicyclic) bond motifs is 1. The van der Waals surface area contributed by atoms with Crippen LogP contribution in [0.3, 0.4) is 0 Å². The lowest BCUT2D eigenvalue weighted by molar-refractivity contribution is -0.666. The minimum absolute atomic E-state index is 0.442. The maximum absolute atomic E-state index is 10.6. The maximum atomic E-state index is 10.6. The first-order valence-electron chi connectivity index (χ1n) is 8.72. The zero-order valence-corrected chi connectivity index (χ0v) is 15.0. The largest absolute Gasteiger partial charge is 0.385 e. The highest BCUT2D eigenvalue weighted by molar-refractivity contribution is 5.73. The monoisotopic (exact) mass is 339 g/mol. The SMILES string of the molecule is CN(C)CCCn1c(N)[n+](CC(O)c2ccccc2)c2ccccc21. The van der Waals surface area contributed by atoms with Crippen LogP contribution < -0.4 is 10.3 Å². The summed E-state index contributed by atoms with van der Waals surface area (Å²) >= 11 is 0. The molecule has 0 saturated carbocycles. The van der Waals surface area contributed by atoms with Gasteiger partial charge in [-0.15, -0.1) is 0 Å². The fourth-order valence-electron chi connectivity index (χ4n) is 3.24. The summed E-state index contributed by atoms with van der Waals surface area (Å²) in [5, 5.41) is 10.6. The Morgan fingerprint density at radius 1 is 1.08 bits per heavy atom. The Labute approximate surface area is 148 Å². The van der Waals surface area contributed by atoms with Gasteiger partial charge in [-0.05, 0) is 38.2 Å². The van der Waals surface area contributed by atoms with Crippen LogP contribution in [0.4, 0.5) is 5.95 Å². The summed E-state index contributed by atoms with van der Waals surface area (Å²) in [4.78, 5) is 2.18. The third-order valence-electron chi connectivity index (χ3n) is 4.54. The standard InChI is InChI=1S/C20H26N4O/c1-22(2)13-8-14-23-17-11-6-7-12-18(17)24(20(23)21)15-19(25)16-9-4-3-5-10-16/h3-7,9-12,19,21,25H,8,13-15H2,1-2H3/p+1. The van der Waals surface area contributed by atoms with E-state index in [2.05, 4.69) is 35.7 Å². The van der Waals surface area contributed by atoms with Crippen molar-refractivity contribution in [3.05, 3.63) is 60.2 Å². The van der Waals surface area contributed by atoms with Crippen LogP contribution in [0, 0.1) is 0 Å². The number of imidazole rings is 1. The van der Waals surface area contributed by atoms with Gasteiger partial charge >= 0.3 is 5.95 Å². The molecule has 1 aromatic heterocycles. The number of nitrogens with zero attached hydrogens (tertiary/aromatic N) is 3. The van der Waals surface area contributed by atoms with Crippen molar-refractivity contribution in [1.82, 2.24) is 9.47 Å². The summed E-state index contributed by atoms with van der Waals surface area (Å²) in [6.45, 7) is 2.31. The molecular weight excluding hydrogens is 312 g/mol. The predicted molar refractivity (Wildman–Crippen MR) is 101 cm³/mol. The molecule has 0 aliphatic carbocycles. The van der Waals surface area contributed by atoms with Crippen molar-refractivity contribution in [3.8, 4) is 0 Å². The summed E-state index contributed by atoms with van der Waals surface area (Å²) in [5.74, 6) is 0.690. The van der Waals surface area contributed by atoms with Crippen molar-refractivity contribution in [2.24, 2.45) is 0 Å². The third-order valence-corrected chi connectivity index (χ3v) is 4.54. The average Bonchev–Trinajstić information content (AvgIpc) is 2.88. The van der Waals surface area contributed by atoms with Crippen molar-refractivity contribution in [3.63, 3.8) is 0 Å². The summed E-state index contributed by atoms with van der Waals surface area (Å²) in [5.41, 5.74) is 9.53. The Hall–Kier alpha value is -2.37. The number of aliphatic hydroxyl groups is 1. The highest BCUT2D eigenvalue weighted by atomic mass is 16.3. The Morgan fingerprint density at radius 3 is 2.48 bits per heavy atom. The molecule has 0 amide bonds. The number of benzene rings is 2. The van der Waals surface area contributed by atoms with E-state index in [0.29, 0.717) is 12.5 Å². The van der Waals surface area contributed by atoms with E-state index in [-0.39, 0.29) is 0 Å². The second-order valence-electron chi connectivity index (χ2n) is 6.69. The quantitative estimate of drug-likeness (QED) is 0.649. The summed E-state index contributed by atoms with van der Waals surface area (Å²) in [6, 6.07) is 17.9. The molecule has 2 aromatic carbocycles. The molecule has 132 valence electrons. The van der Waals surface area contributed by atoms with Crippen LogP contribution in [0.1, 0.15) is 18.1 Å². The molecule has 1 unspecified atom stereocenters. The minimum Gasteiger partial charge on any atom is -0.385 e. The average molecular weight is 339 g/mol. The number of hydrogen-bond acceptors (Lipinski definition) is 3. The Bertz CT molecular complexity index is 826. The van der Waals surface area contributed by atoms with Crippen LogP contribution in [0.25, 0.3) is 11.0 Å². The van der Waals surface area contributed by atoms with Crippen LogP contribution in [-0.4, -0.2) is 35.2 Å². The molecule has 25 heavy (non-hydrogen) atoms. The van der Waals surface area contributed by atoms with Gasteiger partial charge in [0.05, 0.1) is 6.54 Å². The minimum atomic E-state index is -0.588. The lowest BCUT2D eigenvalue weighted by atomic mass is 10.1. The van der Waals surface area contributed by atoms with Gasteiger partial charge in [-0.2, -0.15) is 0 Å². The first-order chi connectivity index (χ1) is 12.1. The van der Waals surface area contributed by atoms with Gasteiger partial charge in [0.25, 0.3) is 0 Å². The molecule has 0 bridgehead atoms. The van der Waals surface area contributed by atoms with Crippen molar-refractivity contribution < 1.29 is 9.67 Å². The highest BCUT2D eigenvalue weighted by Crippen LogP contribution is 2.19. The molecule has 5 nitrogen and oxygen atoms in total. The first-order valence-corrected chi connectivity index (χ1v) is 8.72. The normalized spacial score (nSPS) is 12.8. The second kappa shape index (κ2) is 7.68. The number of nitrogen functional groups attached to an aromatic ring is 1. The van der Waals surface area contributed by atoms with Gasteiger partial charge < -0.3 is 10.0 Å². The van der Waals surface area contributed by atoms with Gasteiger partial charge in [0.1, 0.15) is 23.7 Å². The van der Waals surface area contributed by atoms with Crippen molar-refractivity contribution in [1.29, 1.82) is 0 Å². The smallest absolute Gasteiger partial charge is 0.356 e. The Kier molecular flexibility index (Phi) is 5.36. The van der Waals surface area contributed by atoms with Gasteiger partial charge in [0.15, 0.2) is 0 Å². The molecule has 0 saturated heterocycles. The van der Waals surface area contributed by atoms with Crippen LogP contribution in [0.15, 0.2) is 54.6 Å². The lowest BCUT2D eigenvalue weighted by Gasteiger charge is -2.11. The zero-order chi connectivity index (χ0) is 17.8. The molecule has 0 aliphatic heterocycles. The number of para-hydroxylation sites is 2. The molecular formula is C20H27N4O+. The number of nitrogens with two attached hydrogens (primary N) is 1. The number of rotatable bonds is 7. The molecule has 0 radical (unpaired) electrons. The number of aromatic nitrogens is 2. The fraction of sp³-hybridized carbons (Fsp3) is 0.350. The highest BCUT2D eigenvalue weighted by Gasteiger charge is 2.23. The van der Waals surface area contributed by atoms with E-state index in [0.717, 1.165) is 36.1 Å². The first kappa shape index (κ1) is 17.5. The molecule has 1 atom stereocenters. The summed E-state index contributed by atoms with van der Waals surface area (Å²) < 4.78 is 4.17. The number of aliphatic hydroxyl groups excluding tert-OH is 1. The Balaban J connectivity index is 1.91. The zero-order valence-electron chi connectivity index (χ0n) is 15.0. The number of anilines is 1. The number of aryl methyl sites for hydroxylation is 1. The van der Waals surface area contributed by atoms with Crippen LogP contribution in [0.5, 0.6) is 0 Å². The molecule has 3 rings (SSSR count). The fourth-order valence-corrected chi connectivity index (χ4v) is 3.24. The van der Waals surface area contributed by atoms with E-state index in [1.54, 1.807) is 0 Å². The molecule has 0 aliphatic rings. The van der Waals surface area contributed by atoms with E-state index >= 15 is 0 Å². The van der Waals surface area contributed by atoms with Crippen molar-refractivity contribution in [2.75, 3.05) is 26.4 Å². The predicted octanol–water partition coefficient (Wildman–Crippen LogP) is 2.20. The Morgan fingerprint density at radius 2 is 1.76 bits per heavy atom. The van der Waals surface area contributed by atoms with E-state index in [1.807, 2.05) is 47.0 Å². The second-order valence-corrected chi connectivity index (χ2v) is 6.69. The van der Waals surface area contributed by atoms with E-state index in [4.69, 9.17) is 5.73 Å². The van der Waals surface area contributed by atoms with Gasteiger partial charge in [-0.1, -0.05) is 42.5 Å². The van der Waals surface area contributed by atoms with Gasteiger partial charge in [0.2, 0.25) is 0 Å². The molecule has 0 fully saturated rings. The van der Waals surface area contributed by atoms with Crippen LogP contribution >= 0.6 is 0 Å². The third kappa shape index (κ3) is 3.83. The lowest BCUT2D eigenvalue weighted by Crippen LogP contribution is -2.39. The molecule has 1 heterocycles. The molecule has 5 heteroatoms. The van der Waals surface area contributed by atoms with Crippen LogP contribution in [0.2, 0.25) is 0 Å². The van der Waals surface area contributed by atoms with E-state index < -0.39 is 6.10 Å². The topological polar surface area (TPSA) is 58.3 Å². The molecule has 0 spiro atoms. The molecule has 3 aromatic rings. The molecule has 3 N–H and O–H groups in total. The van der Waals surface area contributed by atoms with Gasteiger partial charge in [-0.3, -0.25) is 5.73 Å². The van der Waals surface area contributed by atoms with E-state index in [9.17, 15) is 5.11 Å². The number of hydrogen-bond donors (Lipinski definition) is 2. The van der Waals surface area contributed by atoms with Gasteiger partial charge in [-0.25, -0.2) is 9.13 Å². The maximum Gasteiger partial charge on any atom is 0.356 e. The van der Waals surface area contributed by atoms with Crippen molar-refractivity contribution >= 4 is 17.0 Å². The van der Waals surface area contributed by atoms with Crippen LogP contribution in [-0.2, 0) is 13.1 Å².